The van der Waals surface area contributed by atoms with E-state index in [4.69, 9.17) is 4.74 Å². The van der Waals surface area contributed by atoms with Crippen LogP contribution in [0.1, 0.15) is 103 Å². The van der Waals surface area contributed by atoms with E-state index in [1.54, 1.807) is 0 Å². The van der Waals surface area contributed by atoms with E-state index in [1.165, 1.54) is 77.0 Å². The summed E-state index contributed by atoms with van der Waals surface area (Å²) in [5.41, 5.74) is 1.05. The first-order chi connectivity index (χ1) is 11.6. The Balaban J connectivity index is 1.37. The first-order valence-electron chi connectivity index (χ1n) is 10.4. The van der Waals surface area contributed by atoms with Crippen molar-refractivity contribution in [3.8, 4) is 0 Å². The molecule has 0 aromatic carbocycles. The monoisotopic (exact) mass is 338 g/mol. The van der Waals surface area contributed by atoms with Crippen molar-refractivity contribution in [1.29, 1.82) is 0 Å². The molecule has 0 aromatic rings. The van der Waals surface area contributed by atoms with Gasteiger partial charge in [0.25, 0.3) is 6.47 Å². The summed E-state index contributed by atoms with van der Waals surface area (Å²) in [7, 11) is 0. The molecule has 3 heteroatoms. The van der Waals surface area contributed by atoms with E-state index in [0.29, 0.717) is 18.5 Å². The maximum atomic E-state index is 10.3. The number of ether oxygens (including phenoxy) is 1. The molecule has 0 heterocycles. The first kappa shape index (κ1) is 19.8. The van der Waals surface area contributed by atoms with E-state index in [9.17, 15) is 9.90 Å². The van der Waals surface area contributed by atoms with E-state index in [1.807, 2.05) is 0 Å². The third kappa shape index (κ3) is 7.13. The molecule has 140 valence electrons. The topological polar surface area (TPSA) is 46.5 Å². The summed E-state index contributed by atoms with van der Waals surface area (Å²) < 4.78 is 4.93. The van der Waals surface area contributed by atoms with Gasteiger partial charge in [-0.15, -0.1) is 0 Å². The molecule has 0 aromatic heterocycles. The van der Waals surface area contributed by atoms with Crippen LogP contribution < -0.4 is 0 Å². The molecule has 3 nitrogen and oxygen atoms in total. The minimum absolute atomic E-state index is 0.0978. The number of aliphatic hydroxyl groups excluding tert-OH is 1. The van der Waals surface area contributed by atoms with Gasteiger partial charge in [-0.1, -0.05) is 51.9 Å². The Bertz CT molecular complexity index is 358. The number of aliphatic hydroxyl groups is 1. The highest BCUT2D eigenvalue weighted by molar-refractivity contribution is 5.37. The molecule has 1 unspecified atom stereocenters. The van der Waals surface area contributed by atoms with Crippen LogP contribution in [0.5, 0.6) is 0 Å². The van der Waals surface area contributed by atoms with Crippen LogP contribution in [0.2, 0.25) is 0 Å². The van der Waals surface area contributed by atoms with Gasteiger partial charge < -0.3 is 9.84 Å². The summed E-state index contributed by atoms with van der Waals surface area (Å²) in [5, 5.41) is 10.1. The van der Waals surface area contributed by atoms with Gasteiger partial charge in [0.15, 0.2) is 0 Å². The van der Waals surface area contributed by atoms with Crippen LogP contribution in [-0.2, 0) is 9.53 Å². The molecule has 1 atom stereocenters. The van der Waals surface area contributed by atoms with Crippen molar-refractivity contribution in [2.24, 2.45) is 10.8 Å². The first-order valence-corrected chi connectivity index (χ1v) is 10.4. The van der Waals surface area contributed by atoms with E-state index in [0.717, 1.165) is 24.7 Å². The summed E-state index contributed by atoms with van der Waals surface area (Å²) in [6.45, 7) is 3.51. The Kier molecular flexibility index (Phi) is 8.06. The lowest BCUT2D eigenvalue weighted by atomic mass is 9.94. The molecule has 0 amide bonds. The number of hydrogen-bond donors (Lipinski definition) is 1. The summed E-state index contributed by atoms with van der Waals surface area (Å²) in [6.07, 6.45) is 18.5. The smallest absolute Gasteiger partial charge is 0.293 e. The van der Waals surface area contributed by atoms with Crippen molar-refractivity contribution in [2.45, 2.75) is 109 Å². The minimum atomic E-state index is -0.0978. The molecule has 1 N–H and O–H groups in total. The maximum Gasteiger partial charge on any atom is 0.293 e. The van der Waals surface area contributed by atoms with Gasteiger partial charge in [0, 0.05) is 5.41 Å². The Hall–Kier alpha value is -0.570. The number of carbonyl (C=O) groups is 1. The lowest BCUT2D eigenvalue weighted by Crippen LogP contribution is -2.10. The third-order valence-electron chi connectivity index (χ3n) is 6.61. The van der Waals surface area contributed by atoms with Gasteiger partial charge in [-0.3, -0.25) is 4.79 Å². The Morgan fingerprint density at radius 2 is 1.46 bits per heavy atom. The van der Waals surface area contributed by atoms with E-state index < -0.39 is 0 Å². The second-order valence-corrected chi connectivity index (χ2v) is 8.61. The van der Waals surface area contributed by atoms with Gasteiger partial charge in [-0.2, -0.15) is 0 Å². The van der Waals surface area contributed by atoms with Crippen LogP contribution in [0, 0.1) is 10.8 Å². The summed E-state index contributed by atoms with van der Waals surface area (Å²) in [4.78, 5) is 10.3. The molecule has 0 saturated heterocycles. The van der Waals surface area contributed by atoms with E-state index in [2.05, 4.69) is 6.92 Å². The van der Waals surface area contributed by atoms with Crippen molar-refractivity contribution in [3.63, 3.8) is 0 Å². The van der Waals surface area contributed by atoms with Gasteiger partial charge >= 0.3 is 0 Å². The van der Waals surface area contributed by atoms with Crippen LogP contribution in [-0.4, -0.2) is 24.3 Å². The molecule has 2 saturated carbocycles. The lowest BCUT2D eigenvalue weighted by Gasteiger charge is -2.14. The van der Waals surface area contributed by atoms with Crippen LogP contribution in [0.15, 0.2) is 0 Å². The van der Waals surface area contributed by atoms with Crippen LogP contribution in [0.25, 0.3) is 0 Å². The molecule has 0 radical (unpaired) electrons. The Labute approximate surface area is 148 Å². The van der Waals surface area contributed by atoms with Gasteiger partial charge in [-0.05, 0) is 56.8 Å². The number of rotatable bonds is 16. The van der Waals surface area contributed by atoms with Crippen LogP contribution in [0.3, 0.4) is 0 Å². The van der Waals surface area contributed by atoms with E-state index >= 15 is 0 Å². The number of unbranched alkanes of at least 4 members (excludes halogenated alkanes) is 4. The third-order valence-corrected chi connectivity index (χ3v) is 6.61. The van der Waals surface area contributed by atoms with Crippen LogP contribution >= 0.6 is 0 Å². The fourth-order valence-corrected chi connectivity index (χ4v) is 4.07. The van der Waals surface area contributed by atoms with Crippen molar-refractivity contribution >= 4 is 6.47 Å². The van der Waals surface area contributed by atoms with Gasteiger partial charge in [-0.25, -0.2) is 0 Å². The second-order valence-electron chi connectivity index (χ2n) is 8.61. The molecular formula is C21H38O3. The highest BCUT2D eigenvalue weighted by atomic mass is 16.5. The zero-order valence-electron chi connectivity index (χ0n) is 15.7. The normalized spacial score (nSPS) is 21.2. The molecule has 0 bridgehead atoms. The van der Waals surface area contributed by atoms with Gasteiger partial charge in [0.2, 0.25) is 0 Å². The fraction of sp³-hybridized carbons (Fsp3) is 0.952. The summed E-state index contributed by atoms with van der Waals surface area (Å²) >= 11 is 0. The maximum absolute atomic E-state index is 10.3. The number of carbonyl (C=O) groups excluding carboxylic acids is 1. The molecule has 2 aliphatic rings. The quantitative estimate of drug-likeness (QED) is 0.303. The van der Waals surface area contributed by atoms with Gasteiger partial charge in [0.05, 0.1) is 12.7 Å². The average molecular weight is 339 g/mol. The largest absolute Gasteiger partial charge is 0.467 e. The fourth-order valence-electron chi connectivity index (χ4n) is 4.07. The molecule has 2 aliphatic carbocycles. The molecular weight excluding hydrogens is 300 g/mol. The molecule has 0 aliphatic heterocycles. The molecule has 2 rings (SSSR count). The standard InChI is InChI=1S/C21H38O3/c1-2-20(13-14-20)11-7-3-5-9-19(23)10-6-4-8-12-21(15-16-21)17-24-18-22/h18-19,23H,2-17H2,1H3. The number of hydrogen-bond acceptors (Lipinski definition) is 3. The summed E-state index contributed by atoms with van der Waals surface area (Å²) in [5.74, 6) is 0. The Morgan fingerprint density at radius 1 is 0.917 bits per heavy atom. The summed E-state index contributed by atoms with van der Waals surface area (Å²) in [6, 6.07) is 0. The predicted octanol–water partition coefficient (Wildman–Crippen LogP) is 5.39. The van der Waals surface area contributed by atoms with Crippen molar-refractivity contribution < 1.29 is 14.6 Å². The van der Waals surface area contributed by atoms with Gasteiger partial charge in [0.1, 0.15) is 0 Å². The van der Waals surface area contributed by atoms with Crippen molar-refractivity contribution in [1.82, 2.24) is 0 Å². The average Bonchev–Trinajstić information content (AvgIpc) is 3.50. The van der Waals surface area contributed by atoms with Crippen molar-refractivity contribution in [2.75, 3.05) is 6.61 Å². The zero-order valence-corrected chi connectivity index (χ0v) is 15.7. The van der Waals surface area contributed by atoms with Crippen LogP contribution in [0.4, 0.5) is 0 Å². The highest BCUT2D eigenvalue weighted by Crippen LogP contribution is 2.52. The Morgan fingerprint density at radius 3 is 1.92 bits per heavy atom. The predicted molar refractivity (Wildman–Crippen MR) is 97.8 cm³/mol. The zero-order chi connectivity index (χ0) is 17.3. The SMILES string of the molecule is CCC1(CCCCCC(O)CCCCCC2(COC=O)CC2)CC1. The molecule has 0 spiro atoms. The highest BCUT2D eigenvalue weighted by Gasteiger charge is 2.42. The molecule has 2 fully saturated rings. The lowest BCUT2D eigenvalue weighted by molar-refractivity contribution is -0.130. The van der Waals surface area contributed by atoms with Crippen molar-refractivity contribution in [3.05, 3.63) is 0 Å². The van der Waals surface area contributed by atoms with E-state index in [-0.39, 0.29) is 6.10 Å². The molecule has 24 heavy (non-hydrogen) atoms. The second kappa shape index (κ2) is 9.79. The minimum Gasteiger partial charge on any atom is -0.467 e.